The number of aromatic nitrogens is 3. The lowest BCUT2D eigenvalue weighted by Gasteiger charge is -2.06. The highest BCUT2D eigenvalue weighted by Crippen LogP contribution is 2.25. The van der Waals surface area contributed by atoms with Crippen LogP contribution in [0.2, 0.25) is 0 Å². The number of nitrogens with one attached hydrogen (secondary N) is 2. The Bertz CT molecular complexity index is 1200. The second kappa shape index (κ2) is 7.51. The van der Waals surface area contributed by atoms with Crippen LogP contribution in [0.5, 0.6) is 0 Å². The van der Waals surface area contributed by atoms with E-state index in [2.05, 4.69) is 20.7 Å². The van der Waals surface area contributed by atoms with E-state index in [0.717, 1.165) is 22.8 Å². The SMILES string of the molecule is CNC(=O)c1ccc(-c2cnn3ccc(C(=O)Nc4ccc(F)cn4)cc23)cc1. The van der Waals surface area contributed by atoms with Gasteiger partial charge >= 0.3 is 0 Å². The first-order valence-electron chi connectivity index (χ1n) is 8.78. The molecule has 0 aliphatic rings. The van der Waals surface area contributed by atoms with Crippen LogP contribution in [0.25, 0.3) is 16.6 Å². The maximum absolute atomic E-state index is 13.0. The van der Waals surface area contributed by atoms with Crippen LogP contribution in [0.15, 0.2) is 67.1 Å². The van der Waals surface area contributed by atoms with Gasteiger partial charge in [-0.15, -0.1) is 0 Å². The highest BCUT2D eigenvalue weighted by atomic mass is 19.1. The van der Waals surface area contributed by atoms with Crippen molar-refractivity contribution < 1.29 is 14.0 Å². The molecule has 8 heteroatoms. The number of amides is 2. The number of carbonyl (C=O) groups excluding carboxylic acids is 2. The monoisotopic (exact) mass is 389 g/mol. The van der Waals surface area contributed by atoms with Crippen LogP contribution in [0, 0.1) is 5.82 Å². The van der Waals surface area contributed by atoms with Gasteiger partial charge in [0, 0.05) is 29.9 Å². The molecule has 0 atom stereocenters. The van der Waals surface area contributed by atoms with Crippen LogP contribution in [0.4, 0.5) is 10.2 Å². The molecule has 0 fully saturated rings. The van der Waals surface area contributed by atoms with Gasteiger partial charge in [0.2, 0.25) is 0 Å². The molecule has 0 spiro atoms. The van der Waals surface area contributed by atoms with Crippen molar-refractivity contribution in [1.29, 1.82) is 0 Å². The van der Waals surface area contributed by atoms with Crippen molar-refractivity contribution in [3.8, 4) is 11.1 Å². The fraction of sp³-hybridized carbons (Fsp3) is 0.0476. The van der Waals surface area contributed by atoms with Gasteiger partial charge in [-0.2, -0.15) is 5.10 Å². The number of fused-ring (bicyclic) bond motifs is 1. The molecule has 7 nitrogen and oxygen atoms in total. The Kier molecular flexibility index (Phi) is 4.74. The summed E-state index contributed by atoms with van der Waals surface area (Å²) < 4.78 is 14.6. The van der Waals surface area contributed by atoms with Gasteiger partial charge in [-0.05, 0) is 42.0 Å². The molecular weight excluding hydrogens is 373 g/mol. The molecule has 0 unspecified atom stereocenters. The third-order valence-corrected chi connectivity index (χ3v) is 4.44. The molecule has 29 heavy (non-hydrogen) atoms. The number of carbonyl (C=O) groups is 2. The molecule has 4 rings (SSSR count). The normalized spacial score (nSPS) is 10.7. The zero-order chi connectivity index (χ0) is 20.4. The van der Waals surface area contributed by atoms with E-state index in [-0.39, 0.29) is 17.6 Å². The van der Waals surface area contributed by atoms with Crippen LogP contribution in [-0.4, -0.2) is 33.5 Å². The van der Waals surface area contributed by atoms with Gasteiger partial charge in [-0.1, -0.05) is 12.1 Å². The first kappa shape index (κ1) is 18.3. The molecule has 0 aliphatic heterocycles. The third-order valence-electron chi connectivity index (χ3n) is 4.44. The number of anilines is 1. The van der Waals surface area contributed by atoms with Crippen molar-refractivity contribution >= 4 is 23.1 Å². The standard InChI is InChI=1S/C21H16FN5O2/c1-23-20(28)14-4-2-13(3-5-14)17-12-25-27-9-8-15(10-18(17)27)21(29)26-19-7-6-16(22)11-24-19/h2-12H,1H3,(H,23,28)(H,24,26,29). The minimum Gasteiger partial charge on any atom is -0.355 e. The molecule has 4 aromatic rings. The Balaban J connectivity index is 1.64. The third kappa shape index (κ3) is 3.68. The Morgan fingerprint density at radius 2 is 1.76 bits per heavy atom. The summed E-state index contributed by atoms with van der Waals surface area (Å²) in [7, 11) is 1.58. The Labute approximate surface area is 165 Å². The van der Waals surface area contributed by atoms with E-state index < -0.39 is 5.82 Å². The highest BCUT2D eigenvalue weighted by Gasteiger charge is 2.13. The molecule has 0 saturated heterocycles. The van der Waals surface area contributed by atoms with E-state index >= 15 is 0 Å². The average molecular weight is 389 g/mol. The number of benzene rings is 1. The zero-order valence-corrected chi connectivity index (χ0v) is 15.4. The van der Waals surface area contributed by atoms with Gasteiger partial charge < -0.3 is 10.6 Å². The lowest BCUT2D eigenvalue weighted by atomic mass is 10.0. The van der Waals surface area contributed by atoms with Crippen molar-refractivity contribution in [2.75, 3.05) is 12.4 Å². The largest absolute Gasteiger partial charge is 0.355 e. The summed E-state index contributed by atoms with van der Waals surface area (Å²) in [5.74, 6) is -0.746. The van der Waals surface area contributed by atoms with Crippen LogP contribution >= 0.6 is 0 Å². The van der Waals surface area contributed by atoms with E-state index in [1.54, 1.807) is 48.2 Å². The minimum atomic E-state index is -0.476. The highest BCUT2D eigenvalue weighted by molar-refractivity contribution is 6.05. The van der Waals surface area contributed by atoms with Crippen molar-refractivity contribution in [2.45, 2.75) is 0 Å². The molecule has 3 heterocycles. The van der Waals surface area contributed by atoms with Gasteiger partial charge in [0.05, 0.1) is 17.9 Å². The Morgan fingerprint density at radius 3 is 2.45 bits per heavy atom. The topological polar surface area (TPSA) is 88.4 Å². The summed E-state index contributed by atoms with van der Waals surface area (Å²) in [5.41, 5.74) is 3.39. The van der Waals surface area contributed by atoms with Crippen molar-refractivity contribution in [2.24, 2.45) is 0 Å². The number of rotatable bonds is 4. The van der Waals surface area contributed by atoms with Gasteiger partial charge in [0.25, 0.3) is 11.8 Å². The molecule has 1 aromatic carbocycles. The molecular formula is C21H16FN5O2. The smallest absolute Gasteiger partial charge is 0.256 e. The Morgan fingerprint density at radius 1 is 0.966 bits per heavy atom. The number of hydrogen-bond donors (Lipinski definition) is 2. The van der Waals surface area contributed by atoms with E-state index in [1.165, 1.54) is 12.1 Å². The molecule has 2 N–H and O–H groups in total. The van der Waals surface area contributed by atoms with Gasteiger partial charge in [0.1, 0.15) is 11.6 Å². The van der Waals surface area contributed by atoms with Gasteiger partial charge in [-0.3, -0.25) is 9.59 Å². The summed E-state index contributed by atoms with van der Waals surface area (Å²) in [6.07, 6.45) is 4.43. The predicted octanol–water partition coefficient (Wildman–Crippen LogP) is 3.15. The summed E-state index contributed by atoms with van der Waals surface area (Å²) in [6.45, 7) is 0. The minimum absolute atomic E-state index is 0.162. The summed E-state index contributed by atoms with van der Waals surface area (Å²) in [4.78, 5) is 28.1. The molecule has 2 amide bonds. The average Bonchev–Trinajstić information content (AvgIpc) is 3.18. The quantitative estimate of drug-likeness (QED) is 0.561. The number of nitrogens with zero attached hydrogens (tertiary/aromatic N) is 3. The Hall–Kier alpha value is -4.07. The van der Waals surface area contributed by atoms with E-state index in [1.807, 2.05) is 12.1 Å². The van der Waals surface area contributed by atoms with E-state index in [9.17, 15) is 14.0 Å². The summed E-state index contributed by atoms with van der Waals surface area (Å²) >= 11 is 0. The van der Waals surface area contributed by atoms with Gasteiger partial charge in [0.15, 0.2) is 0 Å². The molecule has 0 aliphatic carbocycles. The van der Waals surface area contributed by atoms with Crippen molar-refractivity contribution in [3.05, 3.63) is 84.1 Å². The van der Waals surface area contributed by atoms with Crippen LogP contribution in [0.3, 0.4) is 0 Å². The van der Waals surface area contributed by atoms with E-state index in [4.69, 9.17) is 0 Å². The number of pyridine rings is 2. The lowest BCUT2D eigenvalue weighted by Crippen LogP contribution is -2.17. The van der Waals surface area contributed by atoms with Gasteiger partial charge in [-0.25, -0.2) is 13.9 Å². The first-order valence-corrected chi connectivity index (χ1v) is 8.78. The molecule has 0 saturated carbocycles. The second-order valence-corrected chi connectivity index (χ2v) is 6.28. The van der Waals surface area contributed by atoms with Crippen molar-refractivity contribution in [3.63, 3.8) is 0 Å². The van der Waals surface area contributed by atoms with Crippen LogP contribution in [-0.2, 0) is 0 Å². The van der Waals surface area contributed by atoms with Crippen LogP contribution < -0.4 is 10.6 Å². The van der Waals surface area contributed by atoms with Crippen LogP contribution in [0.1, 0.15) is 20.7 Å². The second-order valence-electron chi connectivity index (χ2n) is 6.28. The molecule has 144 valence electrons. The first-order chi connectivity index (χ1) is 14.0. The lowest BCUT2D eigenvalue weighted by molar-refractivity contribution is 0.0962. The summed E-state index contributed by atoms with van der Waals surface area (Å²) in [5, 5.41) is 9.53. The molecule has 3 aromatic heterocycles. The number of hydrogen-bond acceptors (Lipinski definition) is 4. The molecule has 0 bridgehead atoms. The predicted molar refractivity (Wildman–Crippen MR) is 106 cm³/mol. The maximum Gasteiger partial charge on any atom is 0.256 e. The number of halogens is 1. The fourth-order valence-corrected chi connectivity index (χ4v) is 2.93. The zero-order valence-electron chi connectivity index (χ0n) is 15.4. The maximum atomic E-state index is 13.0. The van der Waals surface area contributed by atoms with Crippen molar-refractivity contribution in [1.82, 2.24) is 19.9 Å². The van der Waals surface area contributed by atoms with E-state index in [0.29, 0.717) is 11.1 Å². The summed E-state index contributed by atoms with van der Waals surface area (Å²) in [6, 6.07) is 13.1. The fourth-order valence-electron chi connectivity index (χ4n) is 2.93. The molecule has 0 radical (unpaired) electrons.